The van der Waals surface area contributed by atoms with Crippen LogP contribution in [-0.2, 0) is 11.3 Å². The van der Waals surface area contributed by atoms with Crippen LogP contribution in [0.4, 0.5) is 4.79 Å². The number of carbonyl (C=O) groups excluding carboxylic acids is 3. The van der Waals surface area contributed by atoms with Gasteiger partial charge in [-0.05, 0) is 30.7 Å². The molecule has 1 aliphatic heterocycles. The summed E-state index contributed by atoms with van der Waals surface area (Å²) in [6.07, 6.45) is 0. The predicted octanol–water partition coefficient (Wildman–Crippen LogP) is 2.57. The minimum absolute atomic E-state index is 0.00340. The van der Waals surface area contributed by atoms with Gasteiger partial charge in [0.2, 0.25) is 5.91 Å². The summed E-state index contributed by atoms with van der Waals surface area (Å²) in [6.45, 7) is 2.66. The third-order valence-corrected chi connectivity index (χ3v) is 5.22. The lowest BCUT2D eigenvalue weighted by atomic mass is 10.1. The minimum Gasteiger partial charge on any atom is -0.351 e. The van der Waals surface area contributed by atoms with Crippen molar-refractivity contribution < 1.29 is 14.4 Å². The van der Waals surface area contributed by atoms with Crippen LogP contribution in [0.2, 0.25) is 0 Å². The molecule has 0 atom stereocenters. The highest BCUT2D eigenvalue weighted by atomic mass is 32.2. The topological polar surface area (TPSA) is 78.5 Å². The molecule has 1 saturated heterocycles. The largest absolute Gasteiger partial charge is 0.351 e. The van der Waals surface area contributed by atoms with Crippen molar-refractivity contribution >= 4 is 29.6 Å². The van der Waals surface area contributed by atoms with Crippen LogP contribution in [0.25, 0.3) is 0 Å². The quantitative estimate of drug-likeness (QED) is 0.438. The highest BCUT2D eigenvalue weighted by Crippen LogP contribution is 2.18. The number of urea groups is 1. The van der Waals surface area contributed by atoms with Crippen molar-refractivity contribution in [1.82, 2.24) is 15.5 Å². The smallest absolute Gasteiger partial charge is 0.324 e. The molecular weight excluding hydrogens is 362 g/mol. The summed E-state index contributed by atoms with van der Waals surface area (Å²) in [5.41, 5.74) is 2.34. The molecule has 2 aromatic rings. The zero-order valence-electron chi connectivity index (χ0n) is 15.0. The van der Waals surface area contributed by atoms with Crippen molar-refractivity contribution in [3.05, 3.63) is 65.2 Å². The summed E-state index contributed by atoms with van der Waals surface area (Å²) in [6, 6.07) is 14.9. The molecule has 0 saturated carbocycles. The Morgan fingerprint density at radius 3 is 2.59 bits per heavy atom. The Hall–Kier alpha value is -2.80. The number of aryl methyl sites for hydroxylation is 1. The molecule has 0 aromatic heterocycles. The molecule has 2 aromatic carbocycles. The first-order chi connectivity index (χ1) is 13.0. The van der Waals surface area contributed by atoms with Gasteiger partial charge in [0, 0.05) is 22.8 Å². The summed E-state index contributed by atoms with van der Waals surface area (Å²) < 4.78 is 0. The summed E-state index contributed by atoms with van der Waals surface area (Å²) in [5.74, 6) is 0.260. The molecule has 7 heteroatoms. The normalized spacial score (nSPS) is 13.6. The van der Waals surface area contributed by atoms with Gasteiger partial charge in [-0.15, -0.1) is 11.8 Å². The van der Waals surface area contributed by atoms with Crippen LogP contribution in [0.1, 0.15) is 21.5 Å². The molecule has 2 N–H and O–H groups in total. The summed E-state index contributed by atoms with van der Waals surface area (Å²) >= 11 is 1.68. The summed E-state index contributed by atoms with van der Waals surface area (Å²) in [7, 11) is 0. The third-order valence-electron chi connectivity index (χ3n) is 4.20. The lowest BCUT2D eigenvalue weighted by Gasteiger charge is -2.15. The number of hydrogen-bond donors (Lipinski definition) is 2. The zero-order valence-corrected chi connectivity index (χ0v) is 15.8. The number of hydrogen-bond acceptors (Lipinski definition) is 4. The van der Waals surface area contributed by atoms with Crippen molar-refractivity contribution in [2.24, 2.45) is 0 Å². The van der Waals surface area contributed by atoms with Gasteiger partial charge in [-0.25, -0.2) is 4.79 Å². The first-order valence-electron chi connectivity index (χ1n) is 8.68. The highest BCUT2D eigenvalue weighted by Gasteiger charge is 2.29. The van der Waals surface area contributed by atoms with Gasteiger partial charge in [0.1, 0.15) is 0 Å². The molecule has 27 heavy (non-hydrogen) atoms. The third kappa shape index (κ3) is 4.89. The van der Waals surface area contributed by atoms with E-state index in [1.54, 1.807) is 36.0 Å². The molecule has 1 fully saturated rings. The van der Waals surface area contributed by atoms with E-state index in [0.29, 0.717) is 17.7 Å². The SMILES string of the molecule is Cc1ccc(SCCNC(=O)c2ccccc2CN2C(=O)CNC2=O)cc1. The van der Waals surface area contributed by atoms with Crippen molar-refractivity contribution in [2.45, 2.75) is 18.4 Å². The Morgan fingerprint density at radius 1 is 1.15 bits per heavy atom. The standard InChI is InChI=1S/C20H21N3O3S/c1-14-6-8-16(9-7-14)27-11-10-21-19(25)17-5-3-2-4-15(17)13-23-18(24)12-22-20(23)26/h2-9H,10-13H2,1H3,(H,21,25)(H,22,26). The number of nitrogens with zero attached hydrogens (tertiary/aromatic N) is 1. The maximum absolute atomic E-state index is 12.5. The number of nitrogens with one attached hydrogen (secondary N) is 2. The monoisotopic (exact) mass is 383 g/mol. The van der Waals surface area contributed by atoms with Crippen molar-refractivity contribution in [3.63, 3.8) is 0 Å². The highest BCUT2D eigenvalue weighted by molar-refractivity contribution is 7.99. The van der Waals surface area contributed by atoms with Gasteiger partial charge >= 0.3 is 6.03 Å². The van der Waals surface area contributed by atoms with Gasteiger partial charge in [-0.3, -0.25) is 14.5 Å². The zero-order chi connectivity index (χ0) is 19.2. The van der Waals surface area contributed by atoms with Crippen LogP contribution in [-0.4, -0.2) is 41.6 Å². The van der Waals surface area contributed by atoms with E-state index in [1.165, 1.54) is 5.56 Å². The Balaban J connectivity index is 1.56. The van der Waals surface area contributed by atoms with E-state index >= 15 is 0 Å². The minimum atomic E-state index is -0.426. The lowest BCUT2D eigenvalue weighted by molar-refractivity contribution is -0.125. The predicted molar refractivity (Wildman–Crippen MR) is 105 cm³/mol. The van der Waals surface area contributed by atoms with Gasteiger partial charge in [0.25, 0.3) is 5.91 Å². The van der Waals surface area contributed by atoms with E-state index < -0.39 is 6.03 Å². The molecule has 4 amide bonds. The first-order valence-corrected chi connectivity index (χ1v) is 9.67. The Bertz CT molecular complexity index is 836. The van der Waals surface area contributed by atoms with Gasteiger partial charge in [-0.1, -0.05) is 35.9 Å². The van der Waals surface area contributed by atoms with E-state index in [4.69, 9.17) is 0 Å². The van der Waals surface area contributed by atoms with E-state index in [-0.39, 0.29) is 24.9 Å². The molecule has 6 nitrogen and oxygen atoms in total. The Morgan fingerprint density at radius 2 is 1.89 bits per heavy atom. The second-order valence-electron chi connectivity index (χ2n) is 6.21. The molecule has 0 unspecified atom stereocenters. The fourth-order valence-corrected chi connectivity index (χ4v) is 3.50. The maximum Gasteiger partial charge on any atom is 0.324 e. The second kappa shape index (κ2) is 8.73. The second-order valence-corrected chi connectivity index (χ2v) is 7.38. The van der Waals surface area contributed by atoms with Crippen molar-refractivity contribution in [3.8, 4) is 0 Å². The number of amides is 4. The van der Waals surface area contributed by atoms with E-state index in [9.17, 15) is 14.4 Å². The first kappa shape index (κ1) is 19.0. The molecule has 3 rings (SSSR count). The van der Waals surface area contributed by atoms with Crippen molar-refractivity contribution in [2.75, 3.05) is 18.8 Å². The molecule has 0 radical (unpaired) electrons. The molecular formula is C20H21N3O3S. The van der Waals surface area contributed by atoms with Crippen LogP contribution < -0.4 is 10.6 Å². The maximum atomic E-state index is 12.5. The van der Waals surface area contributed by atoms with Gasteiger partial charge in [0.05, 0.1) is 13.1 Å². The average Bonchev–Trinajstić information content (AvgIpc) is 2.99. The summed E-state index contributed by atoms with van der Waals surface area (Å²) in [5, 5.41) is 5.39. The lowest BCUT2D eigenvalue weighted by Crippen LogP contribution is -2.32. The number of thioether (sulfide) groups is 1. The van der Waals surface area contributed by atoms with E-state index in [0.717, 1.165) is 15.5 Å². The summed E-state index contributed by atoms with van der Waals surface area (Å²) in [4.78, 5) is 38.3. The number of rotatable bonds is 7. The fraction of sp³-hybridized carbons (Fsp3) is 0.250. The number of benzene rings is 2. The van der Waals surface area contributed by atoms with E-state index in [2.05, 4.69) is 34.9 Å². The average molecular weight is 383 g/mol. The molecule has 140 valence electrons. The van der Waals surface area contributed by atoms with Crippen LogP contribution in [0.5, 0.6) is 0 Å². The van der Waals surface area contributed by atoms with Crippen LogP contribution in [0.15, 0.2) is 53.4 Å². The van der Waals surface area contributed by atoms with E-state index in [1.807, 2.05) is 6.92 Å². The van der Waals surface area contributed by atoms with Gasteiger partial charge in [0.15, 0.2) is 0 Å². The molecule has 1 heterocycles. The molecule has 0 aliphatic carbocycles. The Kier molecular flexibility index (Phi) is 6.13. The number of imide groups is 1. The van der Waals surface area contributed by atoms with Crippen LogP contribution in [0.3, 0.4) is 0 Å². The molecule has 0 bridgehead atoms. The number of carbonyl (C=O) groups is 3. The van der Waals surface area contributed by atoms with Gasteiger partial charge < -0.3 is 10.6 Å². The molecule has 1 aliphatic rings. The van der Waals surface area contributed by atoms with Gasteiger partial charge in [-0.2, -0.15) is 0 Å². The van der Waals surface area contributed by atoms with Crippen LogP contribution in [0, 0.1) is 6.92 Å². The van der Waals surface area contributed by atoms with Crippen LogP contribution >= 0.6 is 11.8 Å². The Labute approximate surface area is 162 Å². The fourth-order valence-electron chi connectivity index (χ4n) is 2.73. The molecule has 0 spiro atoms. The van der Waals surface area contributed by atoms with Crippen molar-refractivity contribution in [1.29, 1.82) is 0 Å².